The van der Waals surface area contributed by atoms with E-state index in [9.17, 15) is 4.39 Å². The van der Waals surface area contributed by atoms with Gasteiger partial charge in [0, 0.05) is 12.1 Å². The molecule has 1 fully saturated rings. The molecule has 12 heavy (non-hydrogen) atoms. The van der Waals surface area contributed by atoms with Crippen LogP contribution in [0.3, 0.4) is 0 Å². The zero-order chi connectivity index (χ0) is 8.44. The topological polar surface area (TPSA) is 25.2 Å². The first-order chi connectivity index (χ1) is 5.81. The van der Waals surface area contributed by atoms with Gasteiger partial charge in [0.2, 0.25) is 0 Å². The van der Waals surface area contributed by atoms with Gasteiger partial charge in [-0.1, -0.05) is 0 Å². The van der Waals surface area contributed by atoms with Gasteiger partial charge in [0.15, 0.2) is 5.67 Å². The zero-order valence-electron chi connectivity index (χ0n) is 6.85. The lowest BCUT2D eigenvalue weighted by atomic mass is 9.90. The summed E-state index contributed by atoms with van der Waals surface area (Å²) in [5, 5.41) is 3.05. The molecule has 0 aliphatic carbocycles. The van der Waals surface area contributed by atoms with E-state index in [1.807, 2.05) is 0 Å². The van der Waals surface area contributed by atoms with Crippen molar-refractivity contribution in [2.75, 3.05) is 13.1 Å². The highest BCUT2D eigenvalue weighted by atomic mass is 19.1. The fourth-order valence-corrected chi connectivity index (χ4v) is 1.63. The van der Waals surface area contributed by atoms with Crippen LogP contribution in [0.5, 0.6) is 0 Å². The first-order valence-electron chi connectivity index (χ1n) is 4.24. The van der Waals surface area contributed by atoms with Crippen molar-refractivity contribution < 1.29 is 8.81 Å². The normalized spacial score (nSPS) is 30.4. The molecule has 1 atom stereocenters. The molecule has 66 valence electrons. The van der Waals surface area contributed by atoms with E-state index in [-0.39, 0.29) is 0 Å². The lowest BCUT2D eigenvalue weighted by molar-refractivity contribution is 0.121. The summed E-state index contributed by atoms with van der Waals surface area (Å²) >= 11 is 0. The molecule has 0 radical (unpaired) electrons. The summed E-state index contributed by atoms with van der Waals surface area (Å²) in [6, 6.07) is 1.70. The standard InChI is InChI=1S/C9H12FNO/c10-9(3-1-4-11-7-9)8-2-5-12-6-8/h2,5-6,11H,1,3-4,7H2. The van der Waals surface area contributed by atoms with Crippen molar-refractivity contribution in [2.45, 2.75) is 18.5 Å². The van der Waals surface area contributed by atoms with Crippen LogP contribution >= 0.6 is 0 Å². The Labute approximate surface area is 70.8 Å². The Hall–Kier alpha value is -0.830. The van der Waals surface area contributed by atoms with Crippen LogP contribution < -0.4 is 5.32 Å². The molecular weight excluding hydrogens is 157 g/mol. The number of piperidine rings is 1. The average Bonchev–Trinajstić information content (AvgIpc) is 2.58. The summed E-state index contributed by atoms with van der Waals surface area (Å²) in [6.45, 7) is 1.33. The number of hydrogen-bond donors (Lipinski definition) is 1. The first kappa shape index (κ1) is 7.80. The van der Waals surface area contributed by atoms with Gasteiger partial charge in [-0.15, -0.1) is 0 Å². The molecule has 3 heteroatoms. The molecule has 1 aliphatic rings. The van der Waals surface area contributed by atoms with Gasteiger partial charge in [0.1, 0.15) is 0 Å². The highest BCUT2D eigenvalue weighted by Crippen LogP contribution is 2.32. The second-order valence-corrected chi connectivity index (χ2v) is 3.26. The van der Waals surface area contributed by atoms with E-state index < -0.39 is 5.67 Å². The quantitative estimate of drug-likeness (QED) is 0.693. The van der Waals surface area contributed by atoms with E-state index in [1.54, 1.807) is 6.07 Å². The minimum atomic E-state index is -1.20. The summed E-state index contributed by atoms with van der Waals surface area (Å²) in [7, 11) is 0. The smallest absolute Gasteiger partial charge is 0.151 e. The van der Waals surface area contributed by atoms with Crippen molar-refractivity contribution in [2.24, 2.45) is 0 Å². The Bertz CT molecular complexity index is 239. The first-order valence-corrected chi connectivity index (χ1v) is 4.24. The number of nitrogens with one attached hydrogen (secondary N) is 1. The lowest BCUT2D eigenvalue weighted by Crippen LogP contribution is -2.39. The maximum Gasteiger partial charge on any atom is 0.151 e. The molecule has 1 saturated heterocycles. The zero-order valence-corrected chi connectivity index (χ0v) is 6.85. The Morgan fingerprint density at radius 2 is 2.50 bits per heavy atom. The van der Waals surface area contributed by atoms with Gasteiger partial charge in [-0.3, -0.25) is 0 Å². The maximum absolute atomic E-state index is 14.0. The van der Waals surface area contributed by atoms with Crippen molar-refractivity contribution in [3.05, 3.63) is 24.2 Å². The molecule has 0 spiro atoms. The number of hydrogen-bond acceptors (Lipinski definition) is 2. The van der Waals surface area contributed by atoms with Crippen LogP contribution in [0.4, 0.5) is 4.39 Å². The summed E-state index contributed by atoms with van der Waals surface area (Å²) in [5.74, 6) is 0. The van der Waals surface area contributed by atoms with Crippen LogP contribution in [0.15, 0.2) is 23.0 Å². The minimum absolute atomic E-state index is 0.409. The van der Waals surface area contributed by atoms with Crippen molar-refractivity contribution in [1.82, 2.24) is 5.32 Å². The average molecular weight is 169 g/mol. The molecule has 2 nitrogen and oxygen atoms in total. The fourth-order valence-electron chi connectivity index (χ4n) is 1.63. The number of alkyl halides is 1. The second kappa shape index (κ2) is 2.90. The van der Waals surface area contributed by atoms with Crippen molar-refractivity contribution in [3.8, 4) is 0 Å². The SMILES string of the molecule is FC1(c2ccoc2)CCCNC1. The third-order valence-corrected chi connectivity index (χ3v) is 2.37. The minimum Gasteiger partial charge on any atom is -0.472 e. The number of rotatable bonds is 1. The molecule has 1 unspecified atom stereocenters. The molecule has 2 rings (SSSR count). The van der Waals surface area contributed by atoms with Crippen LogP contribution in [0.2, 0.25) is 0 Å². The molecule has 0 bridgehead atoms. The molecule has 1 aliphatic heterocycles. The van der Waals surface area contributed by atoms with E-state index in [1.165, 1.54) is 12.5 Å². The molecule has 0 saturated carbocycles. The predicted molar refractivity (Wildman–Crippen MR) is 43.6 cm³/mol. The second-order valence-electron chi connectivity index (χ2n) is 3.26. The monoisotopic (exact) mass is 169 g/mol. The summed E-state index contributed by atoms with van der Waals surface area (Å²) in [4.78, 5) is 0. The van der Waals surface area contributed by atoms with Crippen molar-refractivity contribution in [1.29, 1.82) is 0 Å². The van der Waals surface area contributed by atoms with Gasteiger partial charge in [-0.05, 0) is 25.5 Å². The lowest BCUT2D eigenvalue weighted by Gasteiger charge is -2.28. The Morgan fingerprint density at radius 3 is 3.08 bits per heavy atom. The molecule has 1 aromatic heterocycles. The third kappa shape index (κ3) is 1.25. The van der Waals surface area contributed by atoms with Crippen LogP contribution in [-0.4, -0.2) is 13.1 Å². The molecule has 1 aromatic rings. The fraction of sp³-hybridized carbons (Fsp3) is 0.556. The van der Waals surface area contributed by atoms with Crippen LogP contribution in [0.25, 0.3) is 0 Å². The summed E-state index contributed by atoms with van der Waals surface area (Å²) in [5.41, 5.74) is -0.541. The highest BCUT2D eigenvalue weighted by Gasteiger charge is 2.34. The van der Waals surface area contributed by atoms with E-state index in [0.717, 1.165) is 13.0 Å². The molecule has 0 aromatic carbocycles. The molecule has 2 heterocycles. The van der Waals surface area contributed by atoms with E-state index in [2.05, 4.69) is 5.32 Å². The maximum atomic E-state index is 14.0. The summed E-state index contributed by atoms with van der Waals surface area (Å²) < 4.78 is 18.9. The van der Waals surface area contributed by atoms with Gasteiger partial charge in [-0.2, -0.15) is 0 Å². The van der Waals surface area contributed by atoms with Crippen LogP contribution in [0.1, 0.15) is 18.4 Å². The number of furan rings is 1. The third-order valence-electron chi connectivity index (χ3n) is 2.37. The van der Waals surface area contributed by atoms with Crippen molar-refractivity contribution in [3.63, 3.8) is 0 Å². The summed E-state index contributed by atoms with van der Waals surface area (Å²) in [6.07, 6.45) is 4.50. The van der Waals surface area contributed by atoms with Gasteiger partial charge >= 0.3 is 0 Å². The number of halogens is 1. The van der Waals surface area contributed by atoms with Crippen LogP contribution in [0, 0.1) is 0 Å². The Balaban J connectivity index is 2.19. The van der Waals surface area contributed by atoms with Gasteiger partial charge in [0.25, 0.3) is 0 Å². The predicted octanol–water partition coefficient (Wildman–Crippen LogP) is 1.83. The van der Waals surface area contributed by atoms with Crippen molar-refractivity contribution >= 4 is 0 Å². The van der Waals surface area contributed by atoms with E-state index in [0.29, 0.717) is 18.5 Å². The van der Waals surface area contributed by atoms with Gasteiger partial charge in [0.05, 0.1) is 12.5 Å². The largest absolute Gasteiger partial charge is 0.472 e. The highest BCUT2D eigenvalue weighted by molar-refractivity contribution is 5.17. The molecular formula is C9H12FNO. The van der Waals surface area contributed by atoms with Crippen LogP contribution in [-0.2, 0) is 5.67 Å². The molecule has 1 N–H and O–H groups in total. The molecule has 0 amide bonds. The van der Waals surface area contributed by atoms with E-state index >= 15 is 0 Å². The van der Waals surface area contributed by atoms with Gasteiger partial charge < -0.3 is 9.73 Å². The Morgan fingerprint density at radius 1 is 1.58 bits per heavy atom. The van der Waals surface area contributed by atoms with Gasteiger partial charge in [-0.25, -0.2) is 4.39 Å². The van der Waals surface area contributed by atoms with E-state index in [4.69, 9.17) is 4.42 Å². The Kier molecular flexibility index (Phi) is 1.89.